The van der Waals surface area contributed by atoms with Gasteiger partial charge in [-0.3, -0.25) is 15.2 Å². The molecular formula is C19H17ClN4O3S. The van der Waals surface area contributed by atoms with Crippen molar-refractivity contribution in [1.29, 1.82) is 0 Å². The molecule has 28 heavy (non-hydrogen) atoms. The van der Waals surface area contributed by atoms with Gasteiger partial charge in [-0.15, -0.1) is 0 Å². The van der Waals surface area contributed by atoms with E-state index >= 15 is 0 Å². The molecular weight excluding hydrogens is 400 g/mol. The zero-order chi connectivity index (χ0) is 19.9. The molecule has 0 bridgehead atoms. The monoisotopic (exact) mass is 416 g/mol. The number of carbonyl (C=O) groups is 1. The molecule has 1 aliphatic rings. The molecule has 4 rings (SSSR count). The van der Waals surface area contributed by atoms with Crippen molar-refractivity contribution in [2.45, 2.75) is 23.7 Å². The fourth-order valence-corrected chi connectivity index (χ4v) is 5.15. The summed E-state index contributed by atoms with van der Waals surface area (Å²) in [4.78, 5) is 12.8. The molecule has 7 nitrogen and oxygen atoms in total. The first kappa shape index (κ1) is 18.7. The lowest BCUT2D eigenvalue weighted by Crippen LogP contribution is -2.24. The standard InChI is InChI=1S/C19H17ClN4O3S/c1-11-4-2-7-14(8-11)28(26,27)19-16-15(10-21-19)23-24-17(16)22-18(25)12-5-3-6-13(20)9-12/h2-9,19,21H,10H2,1H3,(H2,22,23,24,25). The van der Waals surface area contributed by atoms with Crippen LogP contribution in [0.25, 0.3) is 0 Å². The third kappa shape index (κ3) is 3.30. The molecule has 2 aromatic carbocycles. The van der Waals surface area contributed by atoms with E-state index in [1.807, 2.05) is 13.0 Å². The van der Waals surface area contributed by atoms with Gasteiger partial charge in [0.2, 0.25) is 0 Å². The Bertz CT molecular complexity index is 1170. The summed E-state index contributed by atoms with van der Waals surface area (Å²) in [5.74, 6) is -0.235. The van der Waals surface area contributed by atoms with Gasteiger partial charge in [0.05, 0.1) is 16.2 Å². The topological polar surface area (TPSA) is 104 Å². The van der Waals surface area contributed by atoms with Crippen LogP contribution in [0.2, 0.25) is 5.02 Å². The molecule has 0 saturated carbocycles. The summed E-state index contributed by atoms with van der Waals surface area (Å²) in [6, 6.07) is 13.2. The summed E-state index contributed by atoms with van der Waals surface area (Å²) in [5.41, 5.74) is 2.26. The first-order valence-corrected chi connectivity index (χ1v) is 10.5. The number of sulfone groups is 1. The van der Waals surface area contributed by atoms with Crippen LogP contribution in [0.1, 0.15) is 32.6 Å². The van der Waals surface area contributed by atoms with Crippen molar-refractivity contribution in [3.63, 3.8) is 0 Å². The number of aryl methyl sites for hydroxylation is 1. The summed E-state index contributed by atoms with van der Waals surface area (Å²) < 4.78 is 26.3. The Balaban J connectivity index is 1.68. The van der Waals surface area contributed by atoms with Gasteiger partial charge in [0.15, 0.2) is 15.7 Å². The number of hydrogen-bond donors (Lipinski definition) is 3. The molecule has 1 atom stereocenters. The van der Waals surface area contributed by atoms with Crippen LogP contribution in [0.15, 0.2) is 53.4 Å². The molecule has 9 heteroatoms. The van der Waals surface area contributed by atoms with Crippen molar-refractivity contribution in [2.75, 3.05) is 5.32 Å². The van der Waals surface area contributed by atoms with E-state index in [2.05, 4.69) is 20.8 Å². The third-order valence-corrected chi connectivity index (χ3v) is 6.73. The highest BCUT2D eigenvalue weighted by Crippen LogP contribution is 2.37. The van der Waals surface area contributed by atoms with E-state index in [4.69, 9.17) is 11.6 Å². The number of aromatic amines is 1. The zero-order valence-corrected chi connectivity index (χ0v) is 16.4. The fourth-order valence-electron chi connectivity index (χ4n) is 3.20. The smallest absolute Gasteiger partial charge is 0.256 e. The number of hydrogen-bond acceptors (Lipinski definition) is 5. The summed E-state index contributed by atoms with van der Waals surface area (Å²) >= 11 is 5.94. The van der Waals surface area contributed by atoms with Crippen molar-refractivity contribution in [1.82, 2.24) is 15.5 Å². The number of halogens is 1. The van der Waals surface area contributed by atoms with Crippen LogP contribution in [0, 0.1) is 6.92 Å². The number of H-pyrrole nitrogens is 1. The van der Waals surface area contributed by atoms with E-state index in [1.54, 1.807) is 36.4 Å². The Labute approximate surface area is 167 Å². The fraction of sp³-hybridized carbons (Fsp3) is 0.158. The first-order chi connectivity index (χ1) is 13.4. The second-order valence-corrected chi connectivity index (χ2v) is 9.02. The number of carbonyl (C=O) groups excluding carboxylic acids is 1. The number of anilines is 1. The van der Waals surface area contributed by atoms with Crippen molar-refractivity contribution >= 4 is 33.2 Å². The molecule has 1 amide bonds. The number of benzene rings is 2. The van der Waals surface area contributed by atoms with Gasteiger partial charge in [0, 0.05) is 17.1 Å². The molecule has 0 radical (unpaired) electrons. The van der Waals surface area contributed by atoms with Crippen molar-refractivity contribution in [3.8, 4) is 0 Å². The number of aromatic nitrogens is 2. The summed E-state index contributed by atoms with van der Waals surface area (Å²) in [6.07, 6.45) is 0. The van der Waals surface area contributed by atoms with Gasteiger partial charge >= 0.3 is 0 Å². The Kier molecular flexibility index (Phi) is 4.70. The van der Waals surface area contributed by atoms with Crippen LogP contribution in [-0.4, -0.2) is 24.5 Å². The predicted molar refractivity (Wildman–Crippen MR) is 106 cm³/mol. The molecule has 3 aromatic rings. The molecule has 2 heterocycles. The molecule has 144 valence electrons. The van der Waals surface area contributed by atoms with E-state index in [9.17, 15) is 13.2 Å². The highest BCUT2D eigenvalue weighted by Gasteiger charge is 2.39. The molecule has 0 spiro atoms. The number of amides is 1. The number of nitrogens with one attached hydrogen (secondary N) is 3. The number of nitrogens with zero attached hydrogens (tertiary/aromatic N) is 1. The van der Waals surface area contributed by atoms with E-state index in [0.29, 0.717) is 28.4 Å². The third-order valence-electron chi connectivity index (χ3n) is 4.56. The van der Waals surface area contributed by atoms with Crippen LogP contribution in [0.4, 0.5) is 5.82 Å². The van der Waals surface area contributed by atoms with E-state index < -0.39 is 21.1 Å². The highest BCUT2D eigenvalue weighted by atomic mass is 35.5. The van der Waals surface area contributed by atoms with Crippen LogP contribution >= 0.6 is 11.6 Å². The summed E-state index contributed by atoms with van der Waals surface area (Å²) in [7, 11) is -3.72. The molecule has 0 saturated heterocycles. The van der Waals surface area contributed by atoms with Crippen LogP contribution in [-0.2, 0) is 16.4 Å². The Morgan fingerprint density at radius 1 is 1.21 bits per heavy atom. The number of fused-ring (bicyclic) bond motifs is 1. The Hall–Kier alpha value is -2.68. The minimum Gasteiger partial charge on any atom is -0.305 e. The van der Waals surface area contributed by atoms with Gasteiger partial charge in [-0.25, -0.2) is 8.42 Å². The maximum Gasteiger partial charge on any atom is 0.256 e. The maximum atomic E-state index is 13.2. The lowest BCUT2D eigenvalue weighted by atomic mass is 10.2. The number of rotatable bonds is 4. The molecule has 0 aliphatic carbocycles. The Morgan fingerprint density at radius 2 is 2.00 bits per heavy atom. The highest BCUT2D eigenvalue weighted by molar-refractivity contribution is 7.91. The minimum atomic E-state index is -3.72. The lowest BCUT2D eigenvalue weighted by molar-refractivity contribution is 0.102. The van der Waals surface area contributed by atoms with Crippen molar-refractivity contribution in [3.05, 3.63) is 75.9 Å². The Morgan fingerprint density at radius 3 is 2.75 bits per heavy atom. The van der Waals surface area contributed by atoms with Crippen LogP contribution in [0.3, 0.4) is 0 Å². The van der Waals surface area contributed by atoms with Crippen LogP contribution in [0.5, 0.6) is 0 Å². The van der Waals surface area contributed by atoms with E-state index in [1.165, 1.54) is 6.07 Å². The van der Waals surface area contributed by atoms with E-state index in [-0.39, 0.29) is 10.7 Å². The SMILES string of the molecule is Cc1cccc(S(=O)(=O)C2NCc3[nH]nc(NC(=O)c4cccc(Cl)c4)c32)c1. The van der Waals surface area contributed by atoms with Gasteiger partial charge in [-0.05, 0) is 42.8 Å². The average molecular weight is 417 g/mol. The molecule has 3 N–H and O–H groups in total. The van der Waals surface area contributed by atoms with E-state index in [0.717, 1.165) is 5.56 Å². The molecule has 1 aromatic heterocycles. The predicted octanol–water partition coefficient (Wildman–Crippen LogP) is 3.20. The van der Waals surface area contributed by atoms with Gasteiger partial charge in [0.1, 0.15) is 5.37 Å². The quantitative estimate of drug-likeness (QED) is 0.605. The summed E-state index contributed by atoms with van der Waals surface area (Å²) in [6.45, 7) is 2.14. The molecule has 1 aliphatic heterocycles. The van der Waals surface area contributed by atoms with Gasteiger partial charge < -0.3 is 5.32 Å². The van der Waals surface area contributed by atoms with Gasteiger partial charge in [-0.2, -0.15) is 5.10 Å². The second kappa shape index (κ2) is 7.05. The first-order valence-electron chi connectivity index (χ1n) is 8.54. The minimum absolute atomic E-state index is 0.186. The van der Waals surface area contributed by atoms with Gasteiger partial charge in [0.25, 0.3) is 5.91 Å². The molecule has 1 unspecified atom stereocenters. The normalized spacial score (nSPS) is 16.0. The average Bonchev–Trinajstić information content (AvgIpc) is 3.25. The van der Waals surface area contributed by atoms with Crippen molar-refractivity contribution < 1.29 is 13.2 Å². The lowest BCUT2D eigenvalue weighted by Gasteiger charge is -2.15. The van der Waals surface area contributed by atoms with Crippen molar-refractivity contribution in [2.24, 2.45) is 0 Å². The zero-order valence-electron chi connectivity index (χ0n) is 14.9. The second-order valence-electron chi connectivity index (χ2n) is 6.55. The maximum absolute atomic E-state index is 13.2. The summed E-state index contributed by atoms with van der Waals surface area (Å²) in [5, 5.41) is 12.0. The van der Waals surface area contributed by atoms with Gasteiger partial charge in [-0.1, -0.05) is 29.8 Å². The van der Waals surface area contributed by atoms with Crippen LogP contribution < -0.4 is 10.6 Å². The molecule has 0 fully saturated rings. The largest absolute Gasteiger partial charge is 0.305 e.